The van der Waals surface area contributed by atoms with Crippen LogP contribution in [-0.4, -0.2) is 0 Å². The Labute approximate surface area is 374 Å². The molecule has 0 amide bonds. The van der Waals surface area contributed by atoms with Crippen LogP contribution in [0.5, 0.6) is 0 Å². The molecule has 1 unspecified atom stereocenters. The second-order valence-electron chi connectivity index (χ2n) is 19.6. The molecule has 1 heteroatoms. The molecular weight excluding hydrogens is 759 g/mol. The lowest BCUT2D eigenvalue weighted by atomic mass is 9.67. The number of fused-ring (bicyclic) bond motifs is 7. The minimum absolute atomic E-state index is 0.121. The standard InChI is InChI=1S/C62H57N/c1-61(2)56-28-16-14-26-52(56)54-38-35-48(40-58(54)61)63(60-50-25-13-12-22-45(50)32-37-51(60)44-20-8-4-9-21-44)49-36-39-55-53-27-15-17-29-57(53)62(59(55)41-49,46-23-10-5-11-24-46)47-33-30-43(31-34-47)42-18-6-3-7-19-42/h5,10-17,22-42,44H,3-4,6-9,18-21H2,1-2H3. The van der Waals surface area contributed by atoms with E-state index < -0.39 is 5.41 Å². The van der Waals surface area contributed by atoms with Crippen LogP contribution in [0.4, 0.5) is 17.1 Å². The molecule has 63 heavy (non-hydrogen) atoms. The number of hydrogen-bond acceptors (Lipinski definition) is 1. The van der Waals surface area contributed by atoms with E-state index in [9.17, 15) is 0 Å². The summed E-state index contributed by atoms with van der Waals surface area (Å²) in [7, 11) is 0. The summed E-state index contributed by atoms with van der Waals surface area (Å²) in [5.74, 6) is 1.17. The Morgan fingerprint density at radius 3 is 1.67 bits per heavy atom. The van der Waals surface area contributed by atoms with Crippen LogP contribution in [-0.2, 0) is 10.8 Å². The molecule has 1 nitrogen and oxygen atoms in total. The van der Waals surface area contributed by atoms with Crippen molar-refractivity contribution in [2.24, 2.45) is 0 Å². The predicted molar refractivity (Wildman–Crippen MR) is 265 cm³/mol. The fourth-order valence-electron chi connectivity index (χ4n) is 12.8. The van der Waals surface area contributed by atoms with Crippen molar-refractivity contribution in [1.29, 1.82) is 0 Å². The lowest BCUT2D eigenvalue weighted by Crippen LogP contribution is -2.29. The smallest absolute Gasteiger partial charge is 0.0714 e. The molecular formula is C62H57N. The Kier molecular flexibility index (Phi) is 9.33. The van der Waals surface area contributed by atoms with E-state index >= 15 is 0 Å². The Hall–Kier alpha value is -6.18. The number of benzene rings is 8. The average molecular weight is 816 g/mol. The Balaban J connectivity index is 1.13. The molecule has 8 aromatic carbocycles. The van der Waals surface area contributed by atoms with Gasteiger partial charge < -0.3 is 4.90 Å². The van der Waals surface area contributed by atoms with Crippen LogP contribution in [0, 0.1) is 0 Å². The maximum absolute atomic E-state index is 2.68. The molecule has 0 N–H and O–H groups in total. The van der Waals surface area contributed by atoms with Crippen LogP contribution in [0.15, 0.2) is 176 Å². The van der Waals surface area contributed by atoms with Crippen molar-refractivity contribution in [3.05, 3.63) is 220 Å². The quantitative estimate of drug-likeness (QED) is 0.155. The van der Waals surface area contributed by atoms with Crippen molar-refractivity contribution < 1.29 is 0 Å². The zero-order valence-corrected chi connectivity index (χ0v) is 36.9. The molecule has 0 aliphatic heterocycles. The van der Waals surface area contributed by atoms with Gasteiger partial charge in [-0.2, -0.15) is 0 Å². The lowest BCUT2D eigenvalue weighted by Gasteiger charge is -2.36. The molecule has 0 spiro atoms. The fourth-order valence-corrected chi connectivity index (χ4v) is 12.8. The van der Waals surface area contributed by atoms with Crippen molar-refractivity contribution in [3.8, 4) is 22.3 Å². The average Bonchev–Trinajstić information content (AvgIpc) is 3.77. The highest BCUT2D eigenvalue weighted by Crippen LogP contribution is 2.59. The molecule has 310 valence electrons. The molecule has 12 rings (SSSR count). The molecule has 0 radical (unpaired) electrons. The van der Waals surface area contributed by atoms with Gasteiger partial charge in [-0.05, 0) is 134 Å². The third-order valence-corrected chi connectivity index (χ3v) is 15.9. The zero-order valence-electron chi connectivity index (χ0n) is 36.9. The first-order chi connectivity index (χ1) is 31.0. The summed E-state index contributed by atoms with van der Waals surface area (Å²) in [5, 5.41) is 2.61. The third kappa shape index (κ3) is 6.02. The molecule has 2 saturated carbocycles. The molecule has 4 aliphatic carbocycles. The minimum Gasteiger partial charge on any atom is -0.310 e. The normalized spacial score (nSPS) is 19.0. The van der Waals surface area contributed by atoms with Crippen molar-refractivity contribution in [2.45, 2.75) is 101 Å². The van der Waals surface area contributed by atoms with Crippen LogP contribution >= 0.6 is 0 Å². The summed E-state index contributed by atoms with van der Waals surface area (Å²) < 4.78 is 0. The maximum Gasteiger partial charge on any atom is 0.0714 e. The number of hydrogen-bond donors (Lipinski definition) is 0. The first-order valence-corrected chi connectivity index (χ1v) is 24.0. The van der Waals surface area contributed by atoms with Crippen molar-refractivity contribution in [3.63, 3.8) is 0 Å². The highest BCUT2D eigenvalue weighted by atomic mass is 15.1. The van der Waals surface area contributed by atoms with Gasteiger partial charge in [0.15, 0.2) is 0 Å². The van der Waals surface area contributed by atoms with E-state index in [1.807, 2.05) is 0 Å². The van der Waals surface area contributed by atoms with Crippen molar-refractivity contribution in [1.82, 2.24) is 0 Å². The number of nitrogens with zero attached hydrogens (tertiary/aromatic N) is 1. The second kappa shape index (κ2) is 15.3. The number of rotatable bonds is 7. The summed E-state index contributed by atoms with van der Waals surface area (Å²) in [4.78, 5) is 2.68. The lowest BCUT2D eigenvalue weighted by molar-refractivity contribution is 0.443. The van der Waals surface area contributed by atoms with Crippen LogP contribution in [0.25, 0.3) is 33.0 Å². The van der Waals surface area contributed by atoms with Gasteiger partial charge in [-0.1, -0.05) is 204 Å². The summed E-state index contributed by atoms with van der Waals surface area (Å²) in [6.07, 6.45) is 13.0. The second-order valence-corrected chi connectivity index (χ2v) is 19.6. The summed E-state index contributed by atoms with van der Waals surface area (Å²) >= 11 is 0. The zero-order chi connectivity index (χ0) is 42.1. The summed E-state index contributed by atoms with van der Waals surface area (Å²) in [6.45, 7) is 4.83. The topological polar surface area (TPSA) is 3.24 Å². The Bertz CT molecular complexity index is 3000. The molecule has 1 atom stereocenters. The molecule has 0 heterocycles. The van der Waals surface area contributed by atoms with Gasteiger partial charge in [0, 0.05) is 22.2 Å². The SMILES string of the molecule is CC1(C)c2ccccc2-c2ccc(N(c3ccc4c(c3)C(c3ccccc3)(c3ccc(C5CCCCC5)cc3)c3ccccc3-4)c3c(C4CCCCC4)ccc4ccccc34)cc21. The Morgan fingerprint density at radius 2 is 0.952 bits per heavy atom. The van der Waals surface area contributed by atoms with Crippen LogP contribution in [0.2, 0.25) is 0 Å². The molecule has 4 aliphatic rings. The van der Waals surface area contributed by atoms with Crippen molar-refractivity contribution >= 4 is 27.8 Å². The highest BCUT2D eigenvalue weighted by molar-refractivity contribution is 6.02. The van der Waals surface area contributed by atoms with Gasteiger partial charge >= 0.3 is 0 Å². The van der Waals surface area contributed by atoms with E-state index in [-0.39, 0.29) is 5.41 Å². The van der Waals surface area contributed by atoms with Gasteiger partial charge in [-0.25, -0.2) is 0 Å². The predicted octanol–water partition coefficient (Wildman–Crippen LogP) is 17.1. The molecule has 0 bridgehead atoms. The minimum atomic E-state index is -0.494. The van der Waals surface area contributed by atoms with Gasteiger partial charge in [0.1, 0.15) is 0 Å². The monoisotopic (exact) mass is 815 g/mol. The van der Waals surface area contributed by atoms with E-state index in [0.29, 0.717) is 11.8 Å². The van der Waals surface area contributed by atoms with Crippen LogP contribution in [0.3, 0.4) is 0 Å². The third-order valence-electron chi connectivity index (χ3n) is 15.9. The first kappa shape index (κ1) is 38.5. The van der Waals surface area contributed by atoms with E-state index in [2.05, 4.69) is 195 Å². The van der Waals surface area contributed by atoms with Crippen molar-refractivity contribution in [2.75, 3.05) is 4.90 Å². The first-order valence-electron chi connectivity index (χ1n) is 24.0. The molecule has 2 fully saturated rings. The van der Waals surface area contributed by atoms with Crippen LogP contribution in [0.1, 0.15) is 134 Å². The summed E-state index contributed by atoms with van der Waals surface area (Å²) in [6, 6.07) is 68.5. The molecule has 0 aromatic heterocycles. The van der Waals surface area contributed by atoms with Gasteiger partial charge in [-0.3, -0.25) is 0 Å². The highest BCUT2D eigenvalue weighted by Gasteiger charge is 2.47. The van der Waals surface area contributed by atoms with Gasteiger partial charge in [0.25, 0.3) is 0 Å². The summed E-state index contributed by atoms with van der Waals surface area (Å²) in [5.41, 5.74) is 19.7. The van der Waals surface area contributed by atoms with Gasteiger partial charge in [0.05, 0.1) is 11.1 Å². The number of anilines is 3. The van der Waals surface area contributed by atoms with E-state index in [0.717, 1.165) is 0 Å². The Morgan fingerprint density at radius 1 is 0.413 bits per heavy atom. The fraction of sp³-hybridized carbons (Fsp3) is 0.258. The van der Waals surface area contributed by atoms with Gasteiger partial charge in [-0.15, -0.1) is 0 Å². The van der Waals surface area contributed by atoms with Gasteiger partial charge in [0.2, 0.25) is 0 Å². The molecule has 8 aromatic rings. The molecule has 0 saturated heterocycles. The largest absolute Gasteiger partial charge is 0.310 e. The van der Waals surface area contributed by atoms with Crippen LogP contribution < -0.4 is 4.90 Å². The van der Waals surface area contributed by atoms with E-state index in [1.54, 1.807) is 0 Å². The maximum atomic E-state index is 2.68. The van der Waals surface area contributed by atoms with E-state index in [4.69, 9.17) is 0 Å². The van der Waals surface area contributed by atoms with E-state index in [1.165, 1.54) is 159 Å².